The van der Waals surface area contributed by atoms with Crippen LogP contribution in [0.4, 0.5) is 0 Å². The number of methoxy groups -OCH3 is 1. The summed E-state index contributed by atoms with van der Waals surface area (Å²) in [7, 11) is 1.38. The summed E-state index contributed by atoms with van der Waals surface area (Å²) >= 11 is 0. The molecule has 2 aromatic carbocycles. The molecule has 0 amide bonds. The second-order valence-corrected chi connectivity index (χ2v) is 4.89. The second kappa shape index (κ2) is 7.61. The number of imidazole rings is 1. The van der Waals surface area contributed by atoms with E-state index in [1.807, 2.05) is 60.7 Å². The lowest BCUT2D eigenvalue weighted by atomic mass is 10.1. The van der Waals surface area contributed by atoms with Gasteiger partial charge in [-0.25, -0.2) is 4.98 Å². The van der Waals surface area contributed by atoms with Crippen LogP contribution in [0.15, 0.2) is 60.7 Å². The first kappa shape index (κ1) is 16.8. The molecular formula is C18H17ClN2O2. The fraction of sp³-hybridized carbons (Fsp3) is 0.111. The quantitative estimate of drug-likeness (QED) is 0.739. The number of benzene rings is 2. The van der Waals surface area contributed by atoms with Crippen molar-refractivity contribution in [1.82, 2.24) is 9.97 Å². The van der Waals surface area contributed by atoms with Crippen LogP contribution in [0.25, 0.3) is 22.5 Å². The van der Waals surface area contributed by atoms with E-state index in [1.54, 1.807) is 0 Å². The van der Waals surface area contributed by atoms with Gasteiger partial charge in [0.2, 0.25) is 0 Å². The first-order chi connectivity index (χ1) is 10.8. The number of aromatic amines is 1. The maximum absolute atomic E-state index is 11.5. The van der Waals surface area contributed by atoms with Crippen LogP contribution in [0.2, 0.25) is 0 Å². The number of aromatic nitrogens is 2. The van der Waals surface area contributed by atoms with Gasteiger partial charge in [0.1, 0.15) is 12.2 Å². The largest absolute Gasteiger partial charge is 0.469 e. The molecule has 0 radical (unpaired) electrons. The number of esters is 1. The zero-order valence-corrected chi connectivity index (χ0v) is 13.5. The van der Waals surface area contributed by atoms with Crippen LogP contribution in [0.5, 0.6) is 0 Å². The van der Waals surface area contributed by atoms with Crippen LogP contribution >= 0.6 is 12.4 Å². The number of hydrogen-bond acceptors (Lipinski definition) is 3. The number of carbonyl (C=O) groups is 1. The van der Waals surface area contributed by atoms with Gasteiger partial charge in [-0.15, -0.1) is 12.4 Å². The number of ether oxygens (including phenoxy) is 1. The number of H-pyrrole nitrogens is 1. The van der Waals surface area contributed by atoms with Gasteiger partial charge in [-0.1, -0.05) is 60.7 Å². The number of nitrogens with one attached hydrogen (secondary N) is 1. The van der Waals surface area contributed by atoms with Gasteiger partial charge in [0.05, 0.1) is 18.5 Å². The highest BCUT2D eigenvalue weighted by atomic mass is 35.5. The summed E-state index contributed by atoms with van der Waals surface area (Å²) in [5.41, 5.74) is 3.79. The summed E-state index contributed by atoms with van der Waals surface area (Å²) in [6.45, 7) is 0. The summed E-state index contributed by atoms with van der Waals surface area (Å²) in [6, 6.07) is 19.9. The minimum absolute atomic E-state index is 0. The lowest BCUT2D eigenvalue weighted by Crippen LogP contribution is -2.05. The fourth-order valence-electron chi connectivity index (χ4n) is 2.33. The maximum atomic E-state index is 11.5. The molecule has 5 heteroatoms. The maximum Gasteiger partial charge on any atom is 0.313 e. The van der Waals surface area contributed by atoms with E-state index in [0.29, 0.717) is 5.82 Å². The topological polar surface area (TPSA) is 55.0 Å². The highest BCUT2D eigenvalue weighted by molar-refractivity contribution is 5.85. The third-order valence-corrected chi connectivity index (χ3v) is 3.40. The molecule has 3 aromatic rings. The van der Waals surface area contributed by atoms with E-state index in [2.05, 4.69) is 9.97 Å². The molecule has 0 aliphatic carbocycles. The van der Waals surface area contributed by atoms with Crippen molar-refractivity contribution in [1.29, 1.82) is 0 Å². The fourth-order valence-corrected chi connectivity index (χ4v) is 2.33. The highest BCUT2D eigenvalue weighted by Gasteiger charge is 2.15. The molecule has 0 fully saturated rings. The van der Waals surface area contributed by atoms with Crippen molar-refractivity contribution in [3.05, 3.63) is 66.5 Å². The standard InChI is InChI=1S/C18H16N2O2.ClH/c1-22-16(21)12-15-19-17(13-8-4-2-5-9-13)18(20-15)14-10-6-3-7-11-14;/h2-11H,12H2,1H3,(H,19,20);1H. The molecule has 0 saturated carbocycles. The Morgan fingerprint density at radius 1 is 1.00 bits per heavy atom. The Hall–Kier alpha value is -2.59. The Balaban J connectivity index is 0.00000192. The third-order valence-electron chi connectivity index (χ3n) is 3.40. The van der Waals surface area contributed by atoms with E-state index in [-0.39, 0.29) is 24.8 Å². The van der Waals surface area contributed by atoms with E-state index in [1.165, 1.54) is 7.11 Å². The van der Waals surface area contributed by atoms with Crippen LogP contribution in [0.1, 0.15) is 5.82 Å². The lowest BCUT2D eigenvalue weighted by Gasteiger charge is -2.02. The predicted molar refractivity (Wildman–Crippen MR) is 92.4 cm³/mol. The first-order valence-corrected chi connectivity index (χ1v) is 7.04. The van der Waals surface area contributed by atoms with Crippen molar-refractivity contribution in [3.8, 4) is 22.5 Å². The summed E-state index contributed by atoms with van der Waals surface area (Å²) < 4.78 is 4.72. The Labute approximate surface area is 140 Å². The summed E-state index contributed by atoms with van der Waals surface area (Å²) in [5, 5.41) is 0. The van der Waals surface area contributed by atoms with E-state index in [4.69, 9.17) is 4.74 Å². The molecule has 0 atom stereocenters. The minimum Gasteiger partial charge on any atom is -0.469 e. The summed E-state index contributed by atoms with van der Waals surface area (Å²) in [6.07, 6.45) is 0.128. The number of rotatable bonds is 4. The molecule has 0 saturated heterocycles. The molecule has 0 bridgehead atoms. The van der Waals surface area contributed by atoms with Gasteiger partial charge in [-0.3, -0.25) is 4.79 Å². The van der Waals surface area contributed by atoms with Crippen molar-refractivity contribution in [2.45, 2.75) is 6.42 Å². The molecule has 1 aromatic heterocycles. The van der Waals surface area contributed by atoms with Crippen LogP contribution in [0.3, 0.4) is 0 Å². The normalized spacial score (nSPS) is 9.96. The average Bonchev–Trinajstić information content (AvgIpc) is 3.00. The van der Waals surface area contributed by atoms with Crippen LogP contribution in [0, 0.1) is 0 Å². The predicted octanol–water partition coefficient (Wildman–Crippen LogP) is 3.88. The van der Waals surface area contributed by atoms with Crippen molar-refractivity contribution in [3.63, 3.8) is 0 Å². The molecule has 0 aliphatic rings. The summed E-state index contributed by atoms with van der Waals surface area (Å²) in [4.78, 5) is 19.3. The second-order valence-electron chi connectivity index (χ2n) is 4.89. The first-order valence-electron chi connectivity index (χ1n) is 7.04. The molecular weight excluding hydrogens is 312 g/mol. The number of carbonyl (C=O) groups excluding carboxylic acids is 1. The smallest absolute Gasteiger partial charge is 0.313 e. The third kappa shape index (κ3) is 3.79. The van der Waals surface area contributed by atoms with Crippen molar-refractivity contribution in [2.24, 2.45) is 0 Å². The van der Waals surface area contributed by atoms with E-state index < -0.39 is 0 Å². The molecule has 1 N–H and O–H groups in total. The summed E-state index contributed by atoms with van der Waals surface area (Å²) in [5.74, 6) is 0.289. The van der Waals surface area contributed by atoms with Crippen molar-refractivity contribution >= 4 is 18.4 Å². The SMILES string of the molecule is COC(=O)Cc1nc(-c2ccccc2)c(-c2ccccc2)[nH]1.Cl. The molecule has 118 valence electrons. The van der Waals surface area contributed by atoms with Crippen molar-refractivity contribution in [2.75, 3.05) is 7.11 Å². The van der Waals surface area contributed by atoms with Gasteiger partial charge in [0.25, 0.3) is 0 Å². The van der Waals surface area contributed by atoms with Gasteiger partial charge in [0.15, 0.2) is 0 Å². The molecule has 0 unspecified atom stereocenters. The van der Waals surface area contributed by atoms with E-state index in [9.17, 15) is 4.79 Å². The lowest BCUT2D eigenvalue weighted by molar-refractivity contribution is -0.139. The highest BCUT2D eigenvalue weighted by Crippen LogP contribution is 2.30. The van der Waals surface area contributed by atoms with Gasteiger partial charge >= 0.3 is 5.97 Å². The molecule has 0 spiro atoms. The molecule has 23 heavy (non-hydrogen) atoms. The van der Waals surface area contributed by atoms with Crippen LogP contribution in [-0.2, 0) is 16.0 Å². The Morgan fingerprint density at radius 2 is 1.57 bits per heavy atom. The number of nitrogens with zero attached hydrogens (tertiary/aromatic N) is 1. The average molecular weight is 329 g/mol. The van der Waals surface area contributed by atoms with Gasteiger partial charge in [0, 0.05) is 11.1 Å². The molecule has 3 rings (SSSR count). The number of halogens is 1. The molecule has 0 aliphatic heterocycles. The van der Waals surface area contributed by atoms with E-state index in [0.717, 1.165) is 22.5 Å². The minimum atomic E-state index is -0.312. The van der Waals surface area contributed by atoms with Gasteiger partial charge in [-0.2, -0.15) is 0 Å². The van der Waals surface area contributed by atoms with E-state index >= 15 is 0 Å². The zero-order chi connectivity index (χ0) is 15.4. The molecule has 4 nitrogen and oxygen atoms in total. The zero-order valence-electron chi connectivity index (χ0n) is 12.7. The monoisotopic (exact) mass is 328 g/mol. The Bertz CT molecular complexity index is 713. The Kier molecular flexibility index (Phi) is 5.55. The number of hydrogen-bond donors (Lipinski definition) is 1. The van der Waals surface area contributed by atoms with Gasteiger partial charge in [-0.05, 0) is 0 Å². The van der Waals surface area contributed by atoms with Crippen LogP contribution in [-0.4, -0.2) is 23.0 Å². The molecule has 1 heterocycles. The Morgan fingerprint density at radius 3 is 2.13 bits per heavy atom. The van der Waals surface area contributed by atoms with Crippen LogP contribution < -0.4 is 0 Å². The van der Waals surface area contributed by atoms with Crippen molar-refractivity contribution < 1.29 is 9.53 Å². The van der Waals surface area contributed by atoms with Gasteiger partial charge < -0.3 is 9.72 Å².